The van der Waals surface area contributed by atoms with Gasteiger partial charge in [0.05, 0.1) is 65.9 Å². The molecule has 13 rings (SSSR count). The molecule has 82 heavy (non-hydrogen) atoms. The van der Waals surface area contributed by atoms with Crippen molar-refractivity contribution in [3.8, 4) is 5.75 Å². The molecule has 0 unspecified atom stereocenters. The Morgan fingerprint density at radius 1 is 0.671 bits per heavy atom. The Labute approximate surface area is 481 Å². The first-order chi connectivity index (χ1) is 39.8. The number of nitrogens with one attached hydrogen (secondary N) is 2. The number of methoxy groups -OCH3 is 1. The summed E-state index contributed by atoms with van der Waals surface area (Å²) in [6.45, 7) is 10.9. The third-order valence-electron chi connectivity index (χ3n) is 19.9. The number of aliphatic hydroxyl groups excluding tert-OH is 1. The van der Waals surface area contributed by atoms with Crippen LogP contribution in [0.15, 0.2) is 152 Å². The fraction of sp³-hybridized carbons (Fsp3) is 0.394. The van der Waals surface area contributed by atoms with E-state index < -0.39 is 42.8 Å². The molecule has 7 heterocycles. The minimum absolute atomic E-state index is 0.00763. The molecule has 6 aromatic carbocycles. The van der Waals surface area contributed by atoms with Gasteiger partial charge in [0.1, 0.15) is 16.8 Å². The Morgan fingerprint density at radius 3 is 1.79 bits per heavy atom. The molecule has 4 amide bonds. The van der Waals surface area contributed by atoms with Gasteiger partial charge >= 0.3 is 0 Å². The minimum atomic E-state index is -2.73. The SMILES string of the molecule is COc1ccc([Si](C)(C)[C@@H]2[C@@H](CC(=O)N3Cc4ccccc4C[C@H]3CO)O[C@]3(C(=O)N(Cc4ccc(N5CN(c6ccccc6)C6(CCNCC6)C5=O)cc4)c4ccc(N5CN(c6ccccc6)C6(CCNCC6)C5=O)cc43)[C@H]2C)cc1. The molecule has 0 radical (unpaired) electrons. The standard InChI is InChI=1S/C66H74N8O7Si/c1-45-60(82(3,4)55-26-24-54(80-2)25-27-55)58(39-59(76)69-41-48-14-12-11-13-47(48)37-53(69)42-75)81-66(45)56-38-52(72-44-74(51-17-9-6-10-18-51)65(62(72)78)31-35-68-36-32-65)23-28-57(56)70(63(66)79)40-46-19-21-49(22-20-46)71-43-73(50-15-7-5-8-16-50)64(61(71)77)29-33-67-34-30-64/h5-28,38,45,53,58,60,67-68,75H,29-37,39-44H2,1-4H3/t45-,53-,58+,60-,66+/m0/s1. The predicted octanol–water partition coefficient (Wildman–Crippen LogP) is 7.66. The van der Waals surface area contributed by atoms with Crippen LogP contribution in [0.4, 0.5) is 28.4 Å². The zero-order valence-corrected chi connectivity index (χ0v) is 48.4. The summed E-state index contributed by atoms with van der Waals surface area (Å²) in [7, 11) is -1.07. The molecule has 5 fully saturated rings. The van der Waals surface area contributed by atoms with Crippen molar-refractivity contribution >= 4 is 65.3 Å². The van der Waals surface area contributed by atoms with E-state index in [4.69, 9.17) is 9.47 Å². The van der Waals surface area contributed by atoms with Gasteiger partial charge in [0.25, 0.3) is 17.7 Å². The lowest BCUT2D eigenvalue weighted by molar-refractivity contribution is -0.151. The van der Waals surface area contributed by atoms with Crippen LogP contribution in [0.2, 0.25) is 18.6 Å². The summed E-state index contributed by atoms with van der Waals surface area (Å²) in [5, 5.41) is 18.9. The Balaban J connectivity index is 0.893. The van der Waals surface area contributed by atoms with Crippen LogP contribution in [0.5, 0.6) is 5.75 Å². The molecule has 3 N–H and O–H groups in total. The van der Waals surface area contributed by atoms with E-state index in [2.05, 4.69) is 89.0 Å². The molecular weight excluding hydrogens is 1040 g/mol. The van der Waals surface area contributed by atoms with Gasteiger partial charge in [-0.15, -0.1) is 0 Å². The van der Waals surface area contributed by atoms with Gasteiger partial charge in [-0.25, -0.2) is 0 Å². The number of hydrogen-bond donors (Lipinski definition) is 3. The smallest absolute Gasteiger partial charge is 0.264 e. The summed E-state index contributed by atoms with van der Waals surface area (Å²) in [4.78, 5) is 73.6. The molecule has 6 aromatic rings. The van der Waals surface area contributed by atoms with Gasteiger partial charge in [0, 0.05) is 40.8 Å². The van der Waals surface area contributed by atoms with E-state index >= 15 is 14.4 Å². The monoisotopic (exact) mass is 1120 g/mol. The molecule has 3 spiro atoms. The average molecular weight is 1120 g/mol. The van der Waals surface area contributed by atoms with E-state index in [1.807, 2.05) is 123 Å². The van der Waals surface area contributed by atoms with Gasteiger partial charge in [-0.1, -0.05) is 110 Å². The third-order valence-corrected chi connectivity index (χ3v) is 24.2. The van der Waals surface area contributed by atoms with Crippen LogP contribution in [0.25, 0.3) is 0 Å². The average Bonchev–Trinajstić information content (AvgIpc) is 4.12. The number of benzene rings is 6. The number of piperidine rings is 2. The Kier molecular flexibility index (Phi) is 13.9. The highest BCUT2D eigenvalue weighted by Crippen LogP contribution is 2.61. The number of amides is 4. The summed E-state index contributed by atoms with van der Waals surface area (Å²) in [5.41, 5.74) is 4.68. The van der Waals surface area contributed by atoms with Crippen molar-refractivity contribution < 1.29 is 33.8 Å². The van der Waals surface area contributed by atoms with Gasteiger partial charge in [-0.2, -0.15) is 0 Å². The first-order valence-electron chi connectivity index (χ1n) is 29.4. The number of fused-ring (bicyclic) bond motifs is 3. The Bertz CT molecular complexity index is 3390. The summed E-state index contributed by atoms with van der Waals surface area (Å²) < 4.78 is 13.3. The largest absolute Gasteiger partial charge is 0.497 e. The normalized spacial score (nSPS) is 24.8. The van der Waals surface area contributed by atoms with Gasteiger partial charge in [-0.05, 0) is 147 Å². The number of aliphatic hydroxyl groups is 1. The maximum Gasteiger partial charge on any atom is 0.264 e. The first-order valence-corrected chi connectivity index (χ1v) is 32.4. The van der Waals surface area contributed by atoms with Crippen molar-refractivity contribution in [1.29, 1.82) is 0 Å². The van der Waals surface area contributed by atoms with E-state index in [-0.39, 0.29) is 48.7 Å². The molecule has 0 bridgehead atoms. The lowest BCUT2D eigenvalue weighted by atomic mass is 9.82. The summed E-state index contributed by atoms with van der Waals surface area (Å²) >= 11 is 0. The van der Waals surface area contributed by atoms with Crippen molar-refractivity contribution in [3.05, 3.63) is 174 Å². The molecule has 5 saturated heterocycles. The summed E-state index contributed by atoms with van der Waals surface area (Å²) in [5.74, 6) is 0.0675. The lowest BCUT2D eigenvalue weighted by Gasteiger charge is -2.39. The van der Waals surface area contributed by atoms with Crippen LogP contribution in [-0.4, -0.2) is 118 Å². The number of rotatable bonds is 12. The topological polar surface area (TPSA) is 150 Å². The number of carbonyl (C=O) groups excluding carboxylic acids is 4. The van der Waals surface area contributed by atoms with Gasteiger partial charge in [-0.3, -0.25) is 29.0 Å². The second kappa shape index (κ2) is 21.1. The van der Waals surface area contributed by atoms with E-state index in [1.165, 1.54) is 0 Å². The number of hydrogen-bond acceptors (Lipinski definition) is 11. The number of para-hydroxylation sites is 2. The van der Waals surface area contributed by atoms with Crippen LogP contribution >= 0.6 is 0 Å². The fourth-order valence-corrected chi connectivity index (χ4v) is 19.5. The molecule has 16 heteroatoms. The second-order valence-corrected chi connectivity index (χ2v) is 29.0. The number of anilines is 5. The van der Waals surface area contributed by atoms with Crippen molar-refractivity contribution in [2.24, 2.45) is 5.92 Å². The molecule has 15 nitrogen and oxygen atoms in total. The van der Waals surface area contributed by atoms with Crippen molar-refractivity contribution in [2.75, 3.05) is 77.7 Å². The third kappa shape index (κ3) is 8.65. The predicted molar refractivity (Wildman–Crippen MR) is 322 cm³/mol. The maximum atomic E-state index is 16.4. The molecule has 7 aliphatic rings. The van der Waals surface area contributed by atoms with E-state index in [9.17, 15) is 9.90 Å². The maximum absolute atomic E-state index is 16.4. The number of nitrogens with zero attached hydrogens (tertiary/aromatic N) is 6. The Morgan fingerprint density at radius 2 is 1.22 bits per heavy atom. The number of ether oxygens (including phenoxy) is 2. The molecular formula is C66H74N8O7Si. The van der Waals surface area contributed by atoms with Crippen LogP contribution in [0.3, 0.4) is 0 Å². The number of carbonyl (C=O) groups is 4. The molecule has 7 aliphatic heterocycles. The lowest BCUT2D eigenvalue weighted by Crippen LogP contribution is -2.55. The quantitative estimate of drug-likeness (QED) is 0.104. The highest BCUT2D eigenvalue weighted by atomic mass is 28.3. The van der Waals surface area contributed by atoms with Gasteiger partial charge in [0.15, 0.2) is 5.60 Å². The van der Waals surface area contributed by atoms with Crippen LogP contribution in [0.1, 0.15) is 61.3 Å². The highest BCUT2D eigenvalue weighted by Gasteiger charge is 2.67. The van der Waals surface area contributed by atoms with Gasteiger partial charge in [0.2, 0.25) is 5.91 Å². The molecule has 424 valence electrons. The van der Waals surface area contributed by atoms with Crippen molar-refractivity contribution in [1.82, 2.24) is 15.5 Å². The van der Waals surface area contributed by atoms with Gasteiger partial charge < -0.3 is 44.8 Å². The van der Waals surface area contributed by atoms with Crippen LogP contribution in [0, 0.1) is 5.92 Å². The van der Waals surface area contributed by atoms with Crippen LogP contribution < -0.4 is 45.1 Å². The van der Waals surface area contributed by atoms with Crippen LogP contribution in [-0.2, 0) is 49.0 Å². The van der Waals surface area contributed by atoms with Crippen molar-refractivity contribution in [2.45, 2.75) is 106 Å². The Hall–Kier alpha value is -7.34. The molecule has 5 atom stereocenters. The van der Waals surface area contributed by atoms with E-state index in [0.717, 1.165) is 57.8 Å². The molecule has 0 saturated carbocycles. The first kappa shape index (κ1) is 53.9. The second-order valence-electron chi connectivity index (χ2n) is 24.3. The summed E-state index contributed by atoms with van der Waals surface area (Å²) in [6.07, 6.45) is 2.56. The highest BCUT2D eigenvalue weighted by molar-refractivity contribution is 6.91. The van der Waals surface area contributed by atoms with E-state index in [1.54, 1.807) is 7.11 Å². The molecule has 0 aromatic heterocycles. The zero-order chi connectivity index (χ0) is 56.5. The zero-order valence-electron chi connectivity index (χ0n) is 47.4. The van der Waals surface area contributed by atoms with Crippen molar-refractivity contribution in [3.63, 3.8) is 0 Å². The van der Waals surface area contributed by atoms with E-state index in [0.29, 0.717) is 82.0 Å². The summed E-state index contributed by atoms with van der Waals surface area (Å²) in [6, 6.07) is 50.3. The fourth-order valence-electron chi connectivity index (χ4n) is 15.5. The molecule has 0 aliphatic carbocycles. The minimum Gasteiger partial charge on any atom is -0.497 e.